The number of carbonyl (C=O) groups excluding carboxylic acids is 1. The molecule has 13 heavy (non-hydrogen) atoms. The van der Waals surface area contributed by atoms with Crippen LogP contribution in [0.3, 0.4) is 0 Å². The van der Waals surface area contributed by atoms with Crippen molar-refractivity contribution >= 4 is 18.1 Å². The second-order valence-electron chi connectivity index (χ2n) is 3.17. The smallest absolute Gasteiger partial charge is 0.293 e. The van der Waals surface area contributed by atoms with Gasteiger partial charge in [0, 0.05) is 10.9 Å². The lowest BCUT2D eigenvalue weighted by Gasteiger charge is -1.99. The quantitative estimate of drug-likeness (QED) is 0.694. The number of ether oxygens (including phenoxy) is 1. The lowest BCUT2D eigenvalue weighted by atomic mass is 10.1. The van der Waals surface area contributed by atoms with Gasteiger partial charge in [0.2, 0.25) is 0 Å². The summed E-state index contributed by atoms with van der Waals surface area (Å²) in [4.78, 5) is 10.1. The molecule has 1 aliphatic rings. The summed E-state index contributed by atoms with van der Waals surface area (Å²) in [7, 11) is 0. The normalized spacial score (nSPS) is 25.3. The number of hydrogen-bond acceptors (Lipinski definition) is 2. The van der Waals surface area contributed by atoms with Crippen molar-refractivity contribution in [1.29, 1.82) is 0 Å². The zero-order chi connectivity index (χ0) is 9.26. The Bertz CT molecular complexity index is 324. The topological polar surface area (TPSA) is 26.3 Å². The lowest BCUT2D eigenvalue weighted by Crippen LogP contribution is -1.93. The lowest BCUT2D eigenvalue weighted by molar-refractivity contribution is -0.129. The average molecular weight is 197 g/mol. The van der Waals surface area contributed by atoms with Crippen LogP contribution in [0.4, 0.5) is 0 Å². The SMILES string of the molecule is O=CO[C@@H]1CC1c1cccc(Cl)c1. The van der Waals surface area contributed by atoms with Gasteiger partial charge in [-0.2, -0.15) is 0 Å². The third-order valence-corrected chi connectivity index (χ3v) is 2.47. The van der Waals surface area contributed by atoms with Gasteiger partial charge in [-0.1, -0.05) is 23.7 Å². The van der Waals surface area contributed by atoms with E-state index in [0.29, 0.717) is 12.4 Å². The van der Waals surface area contributed by atoms with Gasteiger partial charge in [-0.15, -0.1) is 0 Å². The number of hydrogen-bond donors (Lipinski definition) is 0. The summed E-state index contributed by atoms with van der Waals surface area (Å²) in [5.41, 5.74) is 1.15. The second-order valence-corrected chi connectivity index (χ2v) is 3.60. The maximum Gasteiger partial charge on any atom is 0.293 e. The van der Waals surface area contributed by atoms with Crippen LogP contribution >= 0.6 is 11.6 Å². The third-order valence-electron chi connectivity index (χ3n) is 2.24. The summed E-state index contributed by atoms with van der Waals surface area (Å²) >= 11 is 5.83. The van der Waals surface area contributed by atoms with Crippen molar-refractivity contribution < 1.29 is 9.53 Å². The van der Waals surface area contributed by atoms with Gasteiger partial charge in [0.25, 0.3) is 6.47 Å². The van der Waals surface area contributed by atoms with Gasteiger partial charge >= 0.3 is 0 Å². The van der Waals surface area contributed by atoms with E-state index >= 15 is 0 Å². The maximum atomic E-state index is 10.1. The Balaban J connectivity index is 2.07. The summed E-state index contributed by atoms with van der Waals surface area (Å²) < 4.78 is 4.84. The van der Waals surface area contributed by atoms with Gasteiger partial charge in [0.15, 0.2) is 0 Å². The van der Waals surface area contributed by atoms with Crippen molar-refractivity contribution in [2.24, 2.45) is 0 Å². The first-order valence-electron chi connectivity index (χ1n) is 4.16. The zero-order valence-corrected chi connectivity index (χ0v) is 7.70. The highest BCUT2D eigenvalue weighted by Crippen LogP contribution is 2.43. The minimum absolute atomic E-state index is 0.0657. The van der Waals surface area contributed by atoms with Gasteiger partial charge in [-0.05, 0) is 24.1 Å². The fourth-order valence-corrected chi connectivity index (χ4v) is 1.68. The average Bonchev–Trinajstić information content (AvgIpc) is 2.85. The molecule has 68 valence electrons. The van der Waals surface area contributed by atoms with Crippen LogP contribution in [0.5, 0.6) is 0 Å². The fourth-order valence-electron chi connectivity index (χ4n) is 1.48. The minimum Gasteiger partial charge on any atom is -0.464 e. The number of carbonyl (C=O) groups is 1. The standard InChI is InChI=1S/C10H9ClO2/c11-8-3-1-2-7(4-8)9-5-10(9)13-6-12/h1-4,6,9-10H,5H2/t9?,10-/m1/s1. The van der Waals surface area contributed by atoms with Crippen LogP contribution in [0.25, 0.3) is 0 Å². The molecule has 1 saturated carbocycles. The highest BCUT2D eigenvalue weighted by atomic mass is 35.5. The van der Waals surface area contributed by atoms with Crippen LogP contribution in [-0.2, 0) is 9.53 Å². The Morgan fingerprint density at radius 1 is 1.54 bits per heavy atom. The van der Waals surface area contributed by atoms with E-state index in [1.54, 1.807) is 0 Å². The van der Waals surface area contributed by atoms with Crippen molar-refractivity contribution in [3.05, 3.63) is 34.9 Å². The van der Waals surface area contributed by atoms with Crippen LogP contribution in [0, 0.1) is 0 Å². The molecule has 1 aromatic carbocycles. The summed E-state index contributed by atoms with van der Waals surface area (Å²) in [6.45, 7) is 0.509. The molecule has 0 spiro atoms. The van der Waals surface area contributed by atoms with Crippen molar-refractivity contribution in [3.8, 4) is 0 Å². The molecule has 0 aromatic heterocycles. The molecule has 2 nitrogen and oxygen atoms in total. The molecule has 1 unspecified atom stereocenters. The Hall–Kier alpha value is -1.02. The zero-order valence-electron chi connectivity index (χ0n) is 6.94. The molecule has 0 radical (unpaired) electrons. The second kappa shape index (κ2) is 3.38. The van der Waals surface area contributed by atoms with Crippen LogP contribution in [-0.4, -0.2) is 12.6 Å². The minimum atomic E-state index is 0.0657. The predicted octanol–water partition coefficient (Wildman–Crippen LogP) is 2.37. The largest absolute Gasteiger partial charge is 0.464 e. The van der Waals surface area contributed by atoms with Crippen LogP contribution in [0.2, 0.25) is 5.02 Å². The van der Waals surface area contributed by atoms with Gasteiger partial charge in [-0.3, -0.25) is 4.79 Å². The van der Waals surface area contributed by atoms with Gasteiger partial charge in [0.1, 0.15) is 6.10 Å². The number of rotatable bonds is 3. The van der Waals surface area contributed by atoms with Gasteiger partial charge < -0.3 is 4.74 Å². The molecule has 0 saturated heterocycles. The molecule has 0 N–H and O–H groups in total. The van der Waals surface area contributed by atoms with E-state index in [4.69, 9.17) is 16.3 Å². The summed E-state index contributed by atoms with van der Waals surface area (Å²) in [6, 6.07) is 7.67. The Kier molecular flexibility index (Phi) is 2.23. The Labute approximate surface area is 81.5 Å². The summed E-state index contributed by atoms with van der Waals surface area (Å²) in [5, 5.41) is 0.731. The van der Waals surface area contributed by atoms with Crippen LogP contribution in [0.1, 0.15) is 17.9 Å². The number of benzene rings is 1. The van der Waals surface area contributed by atoms with Crippen LogP contribution in [0.15, 0.2) is 24.3 Å². The molecular formula is C10H9ClO2. The number of halogens is 1. The van der Waals surface area contributed by atoms with E-state index in [1.165, 1.54) is 0 Å². The molecule has 0 amide bonds. The molecule has 0 aliphatic heterocycles. The molecule has 0 bridgehead atoms. The van der Waals surface area contributed by atoms with Crippen molar-refractivity contribution in [2.75, 3.05) is 0 Å². The highest BCUT2D eigenvalue weighted by Gasteiger charge is 2.40. The van der Waals surface area contributed by atoms with Crippen LogP contribution < -0.4 is 0 Å². The molecule has 3 heteroatoms. The maximum absolute atomic E-state index is 10.1. The van der Waals surface area contributed by atoms with Gasteiger partial charge in [-0.25, -0.2) is 0 Å². The van der Waals surface area contributed by atoms with Crippen molar-refractivity contribution in [1.82, 2.24) is 0 Å². The van der Waals surface area contributed by atoms with E-state index in [0.717, 1.165) is 17.0 Å². The first kappa shape index (κ1) is 8.57. The molecule has 0 heterocycles. The van der Waals surface area contributed by atoms with E-state index < -0.39 is 0 Å². The van der Waals surface area contributed by atoms with E-state index in [1.807, 2.05) is 24.3 Å². The fraction of sp³-hybridized carbons (Fsp3) is 0.300. The first-order chi connectivity index (χ1) is 6.31. The van der Waals surface area contributed by atoms with Gasteiger partial charge in [0.05, 0.1) is 0 Å². The van der Waals surface area contributed by atoms with Crippen molar-refractivity contribution in [3.63, 3.8) is 0 Å². The van der Waals surface area contributed by atoms with E-state index in [2.05, 4.69) is 0 Å². The van der Waals surface area contributed by atoms with E-state index in [-0.39, 0.29) is 6.10 Å². The van der Waals surface area contributed by atoms with Crippen molar-refractivity contribution in [2.45, 2.75) is 18.4 Å². The molecular weight excluding hydrogens is 188 g/mol. The molecule has 2 rings (SSSR count). The Morgan fingerprint density at radius 2 is 2.38 bits per heavy atom. The Morgan fingerprint density at radius 3 is 3.08 bits per heavy atom. The highest BCUT2D eigenvalue weighted by molar-refractivity contribution is 6.30. The van der Waals surface area contributed by atoms with E-state index in [9.17, 15) is 4.79 Å². The summed E-state index contributed by atoms with van der Waals surface area (Å²) in [5.74, 6) is 0.351. The summed E-state index contributed by atoms with van der Waals surface area (Å²) in [6.07, 6.45) is 0.981. The third kappa shape index (κ3) is 1.83. The monoisotopic (exact) mass is 196 g/mol. The molecule has 1 aliphatic carbocycles. The molecule has 1 aromatic rings. The molecule has 2 atom stereocenters. The first-order valence-corrected chi connectivity index (χ1v) is 4.53. The predicted molar refractivity (Wildman–Crippen MR) is 49.7 cm³/mol. The molecule has 1 fully saturated rings.